The lowest BCUT2D eigenvalue weighted by Crippen LogP contribution is -2.22. The molecule has 134 valence electrons. The molecule has 0 saturated carbocycles. The van der Waals surface area contributed by atoms with E-state index in [1.54, 1.807) is 25.1 Å². The minimum Gasteiger partial charge on any atom is -0.416 e. The van der Waals surface area contributed by atoms with Crippen LogP contribution in [0.25, 0.3) is 0 Å². The van der Waals surface area contributed by atoms with E-state index in [1.165, 1.54) is 11.8 Å². The Morgan fingerprint density at radius 1 is 1.15 bits per heavy atom. The highest BCUT2D eigenvalue weighted by Crippen LogP contribution is 2.26. The molecule has 3 rings (SSSR count). The number of aromatic nitrogens is 2. The summed E-state index contributed by atoms with van der Waals surface area (Å²) in [6.07, 6.45) is 0.552. The Kier molecular flexibility index (Phi) is 6.19. The van der Waals surface area contributed by atoms with Crippen LogP contribution in [0.5, 0.6) is 0 Å². The van der Waals surface area contributed by atoms with Gasteiger partial charge < -0.3 is 9.73 Å². The summed E-state index contributed by atoms with van der Waals surface area (Å²) in [6, 6.07) is 14.7. The normalized spacial score (nSPS) is 12.0. The summed E-state index contributed by atoms with van der Waals surface area (Å²) in [5.74, 6) is 0.295. The molecule has 0 aliphatic heterocycles. The number of nitrogens with one attached hydrogen (secondary N) is 1. The maximum atomic E-state index is 12.3. The van der Waals surface area contributed by atoms with Crippen molar-refractivity contribution in [2.24, 2.45) is 0 Å². The number of nitrogens with zero attached hydrogens (tertiary/aromatic N) is 2. The smallest absolute Gasteiger partial charge is 0.277 e. The van der Waals surface area contributed by atoms with Gasteiger partial charge >= 0.3 is 0 Å². The van der Waals surface area contributed by atoms with Crippen LogP contribution in [-0.2, 0) is 11.2 Å². The van der Waals surface area contributed by atoms with E-state index in [9.17, 15) is 4.79 Å². The first-order chi connectivity index (χ1) is 12.5. The molecule has 0 saturated heterocycles. The molecule has 0 aliphatic carbocycles. The summed E-state index contributed by atoms with van der Waals surface area (Å²) in [7, 11) is 0. The van der Waals surface area contributed by atoms with Crippen molar-refractivity contribution in [1.82, 2.24) is 10.2 Å². The lowest BCUT2D eigenvalue weighted by atomic mass is 10.2. The predicted molar refractivity (Wildman–Crippen MR) is 104 cm³/mol. The third-order valence-electron chi connectivity index (χ3n) is 3.42. The number of carbonyl (C=O) groups excluding carboxylic acids is 1. The zero-order valence-electron chi connectivity index (χ0n) is 13.8. The van der Waals surface area contributed by atoms with E-state index in [4.69, 9.17) is 27.6 Å². The van der Waals surface area contributed by atoms with Gasteiger partial charge in [0.05, 0.1) is 11.7 Å². The fourth-order valence-corrected chi connectivity index (χ4v) is 3.43. The lowest BCUT2D eigenvalue weighted by Gasteiger charge is -2.10. The third-order valence-corrected chi connectivity index (χ3v) is 4.79. The SMILES string of the molecule is C[C@H](Sc1nnc(Cc2ccccc2)o1)C(=O)Nc1cc(Cl)cc(Cl)c1. The summed E-state index contributed by atoms with van der Waals surface area (Å²) in [6.45, 7) is 1.76. The van der Waals surface area contributed by atoms with Crippen LogP contribution in [0.15, 0.2) is 58.2 Å². The Morgan fingerprint density at radius 2 is 1.85 bits per heavy atom. The molecule has 2 aromatic carbocycles. The van der Waals surface area contributed by atoms with Crippen molar-refractivity contribution >= 4 is 46.6 Å². The molecule has 0 aliphatic rings. The van der Waals surface area contributed by atoms with Crippen LogP contribution < -0.4 is 5.32 Å². The highest BCUT2D eigenvalue weighted by atomic mass is 35.5. The van der Waals surface area contributed by atoms with Crippen molar-refractivity contribution in [1.29, 1.82) is 0 Å². The molecule has 1 heterocycles. The molecule has 1 amide bonds. The van der Waals surface area contributed by atoms with E-state index in [-0.39, 0.29) is 5.91 Å². The largest absolute Gasteiger partial charge is 0.416 e. The molecule has 0 fully saturated rings. The predicted octanol–water partition coefficient (Wildman–Crippen LogP) is 5.09. The van der Waals surface area contributed by atoms with Crippen LogP contribution in [0.4, 0.5) is 5.69 Å². The molecular formula is C18H15Cl2N3O2S. The van der Waals surface area contributed by atoms with E-state index < -0.39 is 5.25 Å². The third kappa shape index (κ3) is 5.24. The summed E-state index contributed by atoms with van der Waals surface area (Å²) >= 11 is 13.1. The molecule has 26 heavy (non-hydrogen) atoms. The number of hydrogen-bond donors (Lipinski definition) is 1. The molecule has 1 N–H and O–H groups in total. The summed E-state index contributed by atoms with van der Waals surface area (Å²) in [5.41, 5.74) is 1.62. The Morgan fingerprint density at radius 3 is 2.54 bits per heavy atom. The van der Waals surface area contributed by atoms with Crippen molar-refractivity contribution in [3.8, 4) is 0 Å². The molecule has 0 radical (unpaired) electrons. The first-order valence-electron chi connectivity index (χ1n) is 7.79. The second-order valence-electron chi connectivity index (χ2n) is 5.53. The number of hydrogen-bond acceptors (Lipinski definition) is 5. The van der Waals surface area contributed by atoms with Crippen LogP contribution in [0.1, 0.15) is 18.4 Å². The Bertz CT molecular complexity index is 882. The minimum atomic E-state index is -0.433. The summed E-state index contributed by atoms with van der Waals surface area (Å²) < 4.78 is 5.62. The van der Waals surface area contributed by atoms with Crippen LogP contribution in [0, 0.1) is 0 Å². The molecule has 1 atom stereocenters. The number of amides is 1. The van der Waals surface area contributed by atoms with Gasteiger partial charge in [0.1, 0.15) is 0 Å². The van der Waals surface area contributed by atoms with Gasteiger partial charge in [0.15, 0.2) is 0 Å². The number of benzene rings is 2. The van der Waals surface area contributed by atoms with E-state index >= 15 is 0 Å². The van der Waals surface area contributed by atoms with E-state index in [2.05, 4.69) is 15.5 Å². The second kappa shape index (κ2) is 8.58. The number of halogens is 2. The van der Waals surface area contributed by atoms with Crippen LogP contribution >= 0.6 is 35.0 Å². The van der Waals surface area contributed by atoms with Crippen LogP contribution in [0.2, 0.25) is 10.0 Å². The minimum absolute atomic E-state index is 0.212. The number of thioether (sulfide) groups is 1. The first-order valence-corrected chi connectivity index (χ1v) is 9.43. The Labute approximate surface area is 165 Å². The fraction of sp³-hybridized carbons (Fsp3) is 0.167. The molecule has 0 unspecified atom stereocenters. The van der Waals surface area contributed by atoms with Crippen LogP contribution in [0.3, 0.4) is 0 Å². The van der Waals surface area contributed by atoms with Gasteiger partial charge in [-0.3, -0.25) is 4.79 Å². The highest BCUT2D eigenvalue weighted by Gasteiger charge is 2.19. The van der Waals surface area contributed by atoms with Gasteiger partial charge in [-0.15, -0.1) is 10.2 Å². The van der Waals surface area contributed by atoms with Crippen LogP contribution in [-0.4, -0.2) is 21.4 Å². The topological polar surface area (TPSA) is 68.0 Å². The fourth-order valence-electron chi connectivity index (χ4n) is 2.20. The van der Waals surface area contributed by atoms with Crippen molar-refractivity contribution in [3.63, 3.8) is 0 Å². The number of rotatable bonds is 6. The van der Waals surface area contributed by atoms with Gasteiger partial charge in [-0.05, 0) is 30.7 Å². The van der Waals surface area contributed by atoms with Crippen molar-refractivity contribution in [2.45, 2.75) is 23.8 Å². The van der Waals surface area contributed by atoms with Gasteiger partial charge in [0, 0.05) is 15.7 Å². The highest BCUT2D eigenvalue weighted by molar-refractivity contribution is 8.00. The summed E-state index contributed by atoms with van der Waals surface area (Å²) in [4.78, 5) is 12.3. The van der Waals surface area contributed by atoms with Gasteiger partial charge in [-0.2, -0.15) is 0 Å². The van der Waals surface area contributed by atoms with Gasteiger partial charge in [0.25, 0.3) is 5.22 Å². The summed E-state index contributed by atoms with van der Waals surface area (Å²) in [5, 5.41) is 11.6. The van der Waals surface area contributed by atoms with Crippen molar-refractivity contribution in [3.05, 3.63) is 70.0 Å². The molecule has 0 spiro atoms. The Balaban J connectivity index is 1.59. The van der Waals surface area contributed by atoms with Gasteiger partial charge in [-0.25, -0.2) is 0 Å². The quantitative estimate of drug-likeness (QED) is 0.576. The molecule has 8 heteroatoms. The number of anilines is 1. The molecule has 1 aromatic heterocycles. The maximum Gasteiger partial charge on any atom is 0.277 e. The second-order valence-corrected chi connectivity index (χ2v) is 7.70. The van der Waals surface area contributed by atoms with Gasteiger partial charge in [-0.1, -0.05) is 65.3 Å². The number of carbonyl (C=O) groups is 1. The monoisotopic (exact) mass is 407 g/mol. The molecule has 3 aromatic rings. The van der Waals surface area contributed by atoms with E-state index in [0.29, 0.717) is 33.3 Å². The van der Waals surface area contributed by atoms with E-state index in [1.807, 2.05) is 30.3 Å². The zero-order valence-corrected chi connectivity index (χ0v) is 16.1. The van der Waals surface area contributed by atoms with E-state index in [0.717, 1.165) is 5.56 Å². The lowest BCUT2D eigenvalue weighted by molar-refractivity contribution is -0.115. The van der Waals surface area contributed by atoms with Crippen molar-refractivity contribution < 1.29 is 9.21 Å². The maximum absolute atomic E-state index is 12.3. The standard InChI is InChI=1S/C18H15Cl2N3O2S/c1-11(17(24)21-15-9-13(19)8-14(20)10-15)26-18-23-22-16(25-18)7-12-5-3-2-4-6-12/h2-6,8-11H,7H2,1H3,(H,21,24)/t11-/m0/s1. The molecule has 0 bridgehead atoms. The van der Waals surface area contributed by atoms with Gasteiger partial charge in [0.2, 0.25) is 11.8 Å². The Hall–Kier alpha value is -2.02. The zero-order chi connectivity index (χ0) is 18.5. The first kappa shape index (κ1) is 18.8. The van der Waals surface area contributed by atoms with Crippen molar-refractivity contribution in [2.75, 3.05) is 5.32 Å². The molecule has 5 nitrogen and oxygen atoms in total. The molecular weight excluding hydrogens is 393 g/mol. The average molecular weight is 408 g/mol. The average Bonchev–Trinajstić information content (AvgIpc) is 3.01.